The van der Waals surface area contributed by atoms with E-state index >= 15 is 0 Å². The Morgan fingerprint density at radius 3 is 2.27 bits per heavy atom. The van der Waals surface area contributed by atoms with E-state index in [9.17, 15) is 13.2 Å². The van der Waals surface area contributed by atoms with Crippen LogP contribution in [-0.4, -0.2) is 63.8 Å². The number of carbonyl (C=O) groups is 1. The van der Waals surface area contributed by atoms with E-state index in [2.05, 4.69) is 24.1 Å². The van der Waals surface area contributed by atoms with Gasteiger partial charge in [-0.3, -0.25) is 4.79 Å². The molecule has 0 aliphatic carbocycles. The number of halogens is 1. The molecular formula is C18H30ClN3O3S. The van der Waals surface area contributed by atoms with Gasteiger partial charge in [0.05, 0.1) is 15.5 Å². The second kappa shape index (κ2) is 9.17. The zero-order chi connectivity index (χ0) is 20.1. The monoisotopic (exact) mass is 403 g/mol. The van der Waals surface area contributed by atoms with Crippen LogP contribution >= 0.6 is 11.6 Å². The summed E-state index contributed by atoms with van der Waals surface area (Å²) in [6.45, 7) is 9.63. The highest BCUT2D eigenvalue weighted by molar-refractivity contribution is 7.89. The summed E-state index contributed by atoms with van der Waals surface area (Å²) < 4.78 is 26.7. The number of nitrogens with one attached hydrogen (secondary N) is 1. The largest absolute Gasteiger partial charge is 0.351 e. The van der Waals surface area contributed by atoms with Crippen LogP contribution in [0.15, 0.2) is 23.1 Å². The Morgan fingerprint density at radius 1 is 1.19 bits per heavy atom. The topological polar surface area (TPSA) is 69.7 Å². The van der Waals surface area contributed by atoms with Gasteiger partial charge in [-0.25, -0.2) is 8.42 Å². The fourth-order valence-corrected chi connectivity index (χ4v) is 4.57. The number of nitrogens with zero attached hydrogens (tertiary/aromatic N) is 2. The zero-order valence-corrected chi connectivity index (χ0v) is 18.0. The molecule has 1 rings (SSSR count). The molecule has 1 amide bonds. The summed E-state index contributed by atoms with van der Waals surface area (Å²) >= 11 is 6.15. The Bertz CT molecular complexity index is 729. The van der Waals surface area contributed by atoms with Crippen molar-refractivity contribution in [2.45, 2.75) is 32.6 Å². The first-order chi connectivity index (χ1) is 11.9. The van der Waals surface area contributed by atoms with E-state index in [-0.39, 0.29) is 26.8 Å². The second-order valence-corrected chi connectivity index (χ2v) is 9.66. The van der Waals surface area contributed by atoms with Crippen LogP contribution < -0.4 is 5.32 Å². The molecule has 1 aromatic carbocycles. The fourth-order valence-electron chi connectivity index (χ4n) is 2.88. The quantitative estimate of drug-likeness (QED) is 0.688. The molecule has 8 heteroatoms. The molecule has 0 fully saturated rings. The summed E-state index contributed by atoms with van der Waals surface area (Å²) in [6.07, 6.45) is 0. The minimum absolute atomic E-state index is 0.0725. The predicted octanol–water partition coefficient (Wildman–Crippen LogP) is 2.69. The molecule has 0 unspecified atom stereocenters. The summed E-state index contributed by atoms with van der Waals surface area (Å²) in [4.78, 5) is 14.7. The number of amides is 1. The van der Waals surface area contributed by atoms with Crippen LogP contribution in [-0.2, 0) is 10.0 Å². The summed E-state index contributed by atoms with van der Waals surface area (Å²) in [5.74, 6) is -0.376. The maximum atomic E-state index is 12.7. The van der Waals surface area contributed by atoms with Gasteiger partial charge < -0.3 is 10.2 Å². The molecule has 0 atom stereocenters. The Kier molecular flexibility index (Phi) is 8.07. The molecular weight excluding hydrogens is 374 g/mol. The lowest BCUT2D eigenvalue weighted by atomic mass is 9.93. The Hall–Kier alpha value is -1.15. The molecule has 0 aromatic heterocycles. The second-order valence-electron chi connectivity index (χ2n) is 7.32. The number of sulfonamides is 1. The molecule has 0 aliphatic heterocycles. The van der Waals surface area contributed by atoms with Crippen molar-refractivity contribution in [2.24, 2.45) is 5.41 Å². The van der Waals surface area contributed by atoms with Crippen molar-refractivity contribution in [1.29, 1.82) is 0 Å². The average molecular weight is 404 g/mol. The lowest BCUT2D eigenvalue weighted by Crippen LogP contribution is -2.40. The van der Waals surface area contributed by atoms with Crippen molar-refractivity contribution >= 4 is 27.5 Å². The molecule has 0 spiro atoms. The molecule has 0 radical (unpaired) electrons. The van der Waals surface area contributed by atoms with Crippen LogP contribution in [0.4, 0.5) is 0 Å². The number of rotatable bonds is 9. The number of hydrogen-bond acceptors (Lipinski definition) is 4. The number of benzene rings is 1. The standard InChI is InChI=1S/C18H30ClN3O3S/c1-7-22(8-2)26(24,25)14-9-10-16(19)15(11-14)17(23)20-12-18(3,4)13-21(5)6/h9-11H,7-8,12-13H2,1-6H3,(H,20,23). The highest BCUT2D eigenvalue weighted by Crippen LogP contribution is 2.23. The summed E-state index contributed by atoms with van der Waals surface area (Å²) in [7, 11) is 0.303. The number of carbonyl (C=O) groups excluding carboxylic acids is 1. The van der Waals surface area contributed by atoms with Crippen molar-refractivity contribution in [3.8, 4) is 0 Å². The van der Waals surface area contributed by atoms with Gasteiger partial charge in [0.2, 0.25) is 10.0 Å². The van der Waals surface area contributed by atoms with Crippen LogP contribution in [0.5, 0.6) is 0 Å². The van der Waals surface area contributed by atoms with E-state index in [0.717, 1.165) is 6.54 Å². The van der Waals surface area contributed by atoms with E-state index < -0.39 is 10.0 Å². The minimum atomic E-state index is -3.65. The van der Waals surface area contributed by atoms with Crippen molar-refractivity contribution in [2.75, 3.05) is 40.3 Å². The third-order valence-electron chi connectivity index (χ3n) is 4.00. The van der Waals surface area contributed by atoms with Gasteiger partial charge in [-0.05, 0) is 37.7 Å². The third kappa shape index (κ3) is 5.94. The van der Waals surface area contributed by atoms with Gasteiger partial charge in [0.15, 0.2) is 0 Å². The Labute approximate surface area is 162 Å². The maximum absolute atomic E-state index is 12.7. The highest BCUT2D eigenvalue weighted by atomic mass is 35.5. The molecule has 0 aliphatic rings. The molecule has 1 N–H and O–H groups in total. The van der Waals surface area contributed by atoms with Crippen LogP contribution in [0.3, 0.4) is 0 Å². The number of hydrogen-bond donors (Lipinski definition) is 1. The molecule has 148 valence electrons. The van der Waals surface area contributed by atoms with E-state index in [4.69, 9.17) is 11.6 Å². The average Bonchev–Trinajstić information content (AvgIpc) is 2.52. The Morgan fingerprint density at radius 2 is 1.77 bits per heavy atom. The predicted molar refractivity (Wildman–Crippen MR) is 106 cm³/mol. The molecule has 0 saturated heterocycles. The SMILES string of the molecule is CCN(CC)S(=O)(=O)c1ccc(Cl)c(C(=O)NCC(C)(C)CN(C)C)c1. The minimum Gasteiger partial charge on any atom is -0.351 e. The highest BCUT2D eigenvalue weighted by Gasteiger charge is 2.25. The van der Waals surface area contributed by atoms with E-state index in [0.29, 0.717) is 19.6 Å². The molecule has 0 saturated carbocycles. The smallest absolute Gasteiger partial charge is 0.252 e. The van der Waals surface area contributed by atoms with E-state index in [1.807, 2.05) is 14.1 Å². The van der Waals surface area contributed by atoms with Gasteiger partial charge in [-0.1, -0.05) is 39.3 Å². The normalized spacial score (nSPS) is 12.7. The fraction of sp³-hybridized carbons (Fsp3) is 0.611. The van der Waals surface area contributed by atoms with Crippen molar-refractivity contribution in [3.63, 3.8) is 0 Å². The lowest BCUT2D eigenvalue weighted by molar-refractivity contribution is 0.0929. The first kappa shape index (κ1) is 22.9. The first-order valence-electron chi connectivity index (χ1n) is 8.67. The van der Waals surface area contributed by atoms with Crippen molar-refractivity contribution in [3.05, 3.63) is 28.8 Å². The van der Waals surface area contributed by atoms with Crippen LogP contribution in [0.25, 0.3) is 0 Å². The molecule has 0 heterocycles. The third-order valence-corrected chi connectivity index (χ3v) is 6.37. The molecule has 0 bridgehead atoms. The molecule has 1 aromatic rings. The summed E-state index contributed by atoms with van der Waals surface area (Å²) in [5.41, 5.74) is 0.0387. The van der Waals surface area contributed by atoms with Crippen molar-refractivity contribution < 1.29 is 13.2 Å². The Balaban J connectivity index is 3.05. The summed E-state index contributed by atoms with van der Waals surface area (Å²) in [6, 6.07) is 4.24. The van der Waals surface area contributed by atoms with Crippen LogP contribution in [0.1, 0.15) is 38.1 Å². The van der Waals surface area contributed by atoms with E-state index in [1.165, 1.54) is 22.5 Å². The molecule has 26 heavy (non-hydrogen) atoms. The van der Waals surface area contributed by atoms with Crippen molar-refractivity contribution in [1.82, 2.24) is 14.5 Å². The van der Waals surface area contributed by atoms with Gasteiger partial charge in [0, 0.05) is 26.2 Å². The van der Waals surface area contributed by atoms with Gasteiger partial charge in [0.1, 0.15) is 0 Å². The van der Waals surface area contributed by atoms with Gasteiger partial charge in [-0.15, -0.1) is 0 Å². The van der Waals surface area contributed by atoms with Gasteiger partial charge >= 0.3 is 0 Å². The zero-order valence-electron chi connectivity index (χ0n) is 16.5. The van der Waals surface area contributed by atoms with Gasteiger partial charge in [0.25, 0.3) is 5.91 Å². The van der Waals surface area contributed by atoms with Gasteiger partial charge in [-0.2, -0.15) is 4.31 Å². The first-order valence-corrected chi connectivity index (χ1v) is 10.5. The summed E-state index contributed by atoms with van der Waals surface area (Å²) in [5, 5.41) is 3.09. The molecule has 6 nitrogen and oxygen atoms in total. The van der Waals surface area contributed by atoms with Crippen LogP contribution in [0.2, 0.25) is 5.02 Å². The van der Waals surface area contributed by atoms with Crippen LogP contribution in [0, 0.1) is 5.41 Å². The lowest BCUT2D eigenvalue weighted by Gasteiger charge is -2.28. The van der Waals surface area contributed by atoms with E-state index in [1.54, 1.807) is 13.8 Å². The maximum Gasteiger partial charge on any atom is 0.252 e.